The maximum atomic E-state index is 11.5. The quantitative estimate of drug-likeness (QED) is 0.657. The highest BCUT2D eigenvalue weighted by atomic mass is 16.2. The van der Waals surface area contributed by atoms with Crippen molar-refractivity contribution in [1.82, 2.24) is 10.2 Å². The van der Waals surface area contributed by atoms with Gasteiger partial charge in [-0.05, 0) is 18.9 Å². The van der Waals surface area contributed by atoms with E-state index in [4.69, 9.17) is 4.79 Å². The molecule has 0 atom stereocenters. The summed E-state index contributed by atoms with van der Waals surface area (Å²) < 4.78 is 0. The number of imide groups is 2. The van der Waals surface area contributed by atoms with Gasteiger partial charge >= 0.3 is 6.03 Å². The van der Waals surface area contributed by atoms with Crippen molar-refractivity contribution in [3.05, 3.63) is 35.9 Å². The van der Waals surface area contributed by atoms with Gasteiger partial charge in [-0.15, -0.1) is 0 Å². The van der Waals surface area contributed by atoms with Gasteiger partial charge in [0.1, 0.15) is 12.7 Å². The van der Waals surface area contributed by atoms with Crippen LogP contribution in [0.2, 0.25) is 0 Å². The summed E-state index contributed by atoms with van der Waals surface area (Å²) in [6.07, 6.45) is 1.09. The molecule has 2 rings (SSSR count). The number of carbonyl (C=O) groups is 4. The van der Waals surface area contributed by atoms with E-state index in [0.29, 0.717) is 13.0 Å². The minimum Gasteiger partial charge on any atom is -0.304 e. The summed E-state index contributed by atoms with van der Waals surface area (Å²) in [5, 5.41) is 2.12. The summed E-state index contributed by atoms with van der Waals surface area (Å²) in [6, 6.07) is 8.94. The molecule has 1 aliphatic rings. The van der Waals surface area contributed by atoms with Gasteiger partial charge in [-0.25, -0.2) is 4.79 Å². The Morgan fingerprint density at radius 1 is 1.20 bits per heavy atom. The van der Waals surface area contributed by atoms with Gasteiger partial charge in [-0.2, -0.15) is 0 Å². The van der Waals surface area contributed by atoms with Crippen molar-refractivity contribution >= 4 is 24.1 Å². The lowest BCUT2D eigenvalue weighted by Crippen LogP contribution is -2.53. The molecule has 1 saturated heterocycles. The fraction of sp³-hybridized carbons (Fsp3) is 0.286. The molecule has 4 amide bonds. The predicted molar refractivity (Wildman–Crippen MR) is 71.8 cm³/mol. The molecule has 0 unspecified atom stereocenters. The van der Waals surface area contributed by atoms with Crippen molar-refractivity contribution in [2.24, 2.45) is 0 Å². The van der Waals surface area contributed by atoms with Crippen molar-refractivity contribution in [3.63, 3.8) is 0 Å². The zero-order valence-corrected chi connectivity index (χ0v) is 11.2. The van der Waals surface area contributed by atoms with Gasteiger partial charge in [0.25, 0.3) is 0 Å². The van der Waals surface area contributed by atoms with Gasteiger partial charge in [0.2, 0.25) is 11.8 Å². The van der Waals surface area contributed by atoms with Gasteiger partial charge < -0.3 is 4.79 Å². The molecular formula is C14H16N2O4. The molecule has 1 aliphatic heterocycles. The summed E-state index contributed by atoms with van der Waals surface area (Å²) in [6.45, 7) is 1.74. The SMILES string of the molecule is CC=O.O=C1CC(=O)N(CCc2ccccc2)C(=O)N1. The fourth-order valence-corrected chi connectivity index (χ4v) is 1.69. The number of benzene rings is 1. The third-order valence-corrected chi connectivity index (χ3v) is 2.57. The number of urea groups is 1. The summed E-state index contributed by atoms with van der Waals surface area (Å²) in [4.78, 5) is 43.7. The second-order valence-electron chi connectivity index (χ2n) is 4.05. The van der Waals surface area contributed by atoms with E-state index in [1.54, 1.807) is 0 Å². The average molecular weight is 276 g/mol. The highest BCUT2D eigenvalue weighted by Gasteiger charge is 2.30. The Hall–Kier alpha value is -2.50. The van der Waals surface area contributed by atoms with E-state index in [0.717, 1.165) is 16.7 Å². The Morgan fingerprint density at radius 2 is 1.80 bits per heavy atom. The molecule has 0 radical (unpaired) electrons. The summed E-state index contributed by atoms with van der Waals surface area (Å²) in [5.41, 5.74) is 1.05. The number of barbiturate groups is 1. The van der Waals surface area contributed by atoms with Crippen LogP contribution < -0.4 is 5.32 Å². The third-order valence-electron chi connectivity index (χ3n) is 2.57. The van der Waals surface area contributed by atoms with Gasteiger partial charge in [0.05, 0.1) is 0 Å². The van der Waals surface area contributed by atoms with Gasteiger partial charge in [0.15, 0.2) is 0 Å². The molecule has 1 aromatic rings. The van der Waals surface area contributed by atoms with E-state index in [2.05, 4.69) is 5.32 Å². The number of amides is 4. The van der Waals surface area contributed by atoms with Crippen molar-refractivity contribution in [2.45, 2.75) is 19.8 Å². The first kappa shape index (κ1) is 15.6. The van der Waals surface area contributed by atoms with Crippen molar-refractivity contribution in [1.29, 1.82) is 0 Å². The van der Waals surface area contributed by atoms with Crippen molar-refractivity contribution in [3.8, 4) is 0 Å². The van der Waals surface area contributed by atoms with Gasteiger partial charge in [-0.1, -0.05) is 30.3 Å². The van der Waals surface area contributed by atoms with E-state index in [1.165, 1.54) is 6.92 Å². The Morgan fingerprint density at radius 3 is 2.35 bits per heavy atom. The molecule has 0 aromatic heterocycles. The molecule has 0 bridgehead atoms. The van der Waals surface area contributed by atoms with Crippen LogP contribution >= 0.6 is 0 Å². The number of rotatable bonds is 3. The molecule has 1 heterocycles. The largest absolute Gasteiger partial charge is 0.330 e. The van der Waals surface area contributed by atoms with Crippen LogP contribution in [0.1, 0.15) is 18.9 Å². The molecule has 0 saturated carbocycles. The first-order chi connectivity index (χ1) is 9.58. The molecule has 20 heavy (non-hydrogen) atoms. The average Bonchev–Trinajstić information content (AvgIpc) is 2.39. The molecule has 1 fully saturated rings. The van der Waals surface area contributed by atoms with Crippen molar-refractivity contribution in [2.75, 3.05) is 6.54 Å². The molecule has 1 aromatic carbocycles. The van der Waals surface area contributed by atoms with Crippen LogP contribution in [0.4, 0.5) is 4.79 Å². The van der Waals surface area contributed by atoms with Crippen molar-refractivity contribution < 1.29 is 19.2 Å². The van der Waals surface area contributed by atoms with Gasteiger partial charge in [0, 0.05) is 6.54 Å². The zero-order valence-electron chi connectivity index (χ0n) is 11.2. The Labute approximate surface area is 116 Å². The first-order valence-electron chi connectivity index (χ1n) is 6.16. The fourth-order valence-electron chi connectivity index (χ4n) is 1.69. The van der Waals surface area contributed by atoms with E-state index < -0.39 is 17.8 Å². The molecule has 106 valence electrons. The molecule has 0 aliphatic carbocycles. The maximum Gasteiger partial charge on any atom is 0.330 e. The standard InChI is InChI=1S/C12H12N2O3.C2H4O/c15-10-8-11(16)14(12(17)13-10)7-6-9-4-2-1-3-5-9;1-2-3/h1-5H,6-8H2,(H,13,15,17);2H,1H3. The number of aldehydes is 1. The number of hydrogen-bond donors (Lipinski definition) is 1. The first-order valence-corrected chi connectivity index (χ1v) is 6.16. The normalized spacial score (nSPS) is 14.2. The lowest BCUT2D eigenvalue weighted by atomic mass is 10.1. The second kappa shape index (κ2) is 7.83. The predicted octanol–water partition coefficient (Wildman–Crippen LogP) is 0.903. The minimum absolute atomic E-state index is 0.249. The molecule has 1 N–H and O–H groups in total. The summed E-state index contributed by atoms with van der Waals surface area (Å²) in [5.74, 6) is -0.967. The molecule has 6 nitrogen and oxygen atoms in total. The second-order valence-corrected chi connectivity index (χ2v) is 4.05. The number of nitrogens with zero attached hydrogens (tertiary/aromatic N) is 1. The maximum absolute atomic E-state index is 11.5. The lowest BCUT2D eigenvalue weighted by Gasteiger charge is -2.24. The van der Waals surface area contributed by atoms with Crippen LogP contribution in [-0.2, 0) is 20.8 Å². The van der Waals surface area contributed by atoms with Crippen LogP contribution in [0.15, 0.2) is 30.3 Å². The highest BCUT2D eigenvalue weighted by Crippen LogP contribution is 2.06. The van der Waals surface area contributed by atoms with Crippen LogP contribution in [0.25, 0.3) is 0 Å². The third kappa shape index (κ3) is 4.64. The topological polar surface area (TPSA) is 83.6 Å². The monoisotopic (exact) mass is 276 g/mol. The Kier molecular flexibility index (Phi) is 6.09. The van der Waals surface area contributed by atoms with E-state index >= 15 is 0 Å². The number of nitrogens with one attached hydrogen (secondary N) is 1. The molecule has 6 heteroatoms. The Balaban J connectivity index is 0.000000612. The number of hydrogen-bond acceptors (Lipinski definition) is 4. The van der Waals surface area contributed by atoms with Gasteiger partial charge in [-0.3, -0.25) is 19.8 Å². The van der Waals surface area contributed by atoms with E-state index in [-0.39, 0.29) is 6.42 Å². The smallest absolute Gasteiger partial charge is 0.304 e. The van der Waals surface area contributed by atoms with E-state index in [1.807, 2.05) is 30.3 Å². The van der Waals surface area contributed by atoms with Crippen LogP contribution in [-0.4, -0.2) is 35.6 Å². The summed E-state index contributed by atoms with van der Waals surface area (Å²) in [7, 11) is 0. The zero-order chi connectivity index (χ0) is 15.0. The number of carbonyl (C=O) groups excluding carboxylic acids is 4. The van der Waals surface area contributed by atoms with Crippen LogP contribution in [0.3, 0.4) is 0 Å². The lowest BCUT2D eigenvalue weighted by molar-refractivity contribution is -0.136. The van der Waals surface area contributed by atoms with Crippen LogP contribution in [0.5, 0.6) is 0 Å². The summed E-state index contributed by atoms with van der Waals surface area (Å²) >= 11 is 0. The molecular weight excluding hydrogens is 260 g/mol. The Bertz CT molecular complexity index is 479. The van der Waals surface area contributed by atoms with E-state index in [9.17, 15) is 14.4 Å². The highest BCUT2D eigenvalue weighted by molar-refractivity contribution is 6.14. The minimum atomic E-state index is -0.623. The molecule has 0 spiro atoms. The van der Waals surface area contributed by atoms with Crippen LogP contribution in [0, 0.1) is 0 Å².